The predicted molar refractivity (Wildman–Crippen MR) is 115 cm³/mol. The molecule has 0 unspecified atom stereocenters. The summed E-state index contributed by atoms with van der Waals surface area (Å²) in [6, 6.07) is 11.8. The van der Waals surface area contributed by atoms with Gasteiger partial charge in [0.1, 0.15) is 11.4 Å². The zero-order valence-corrected chi connectivity index (χ0v) is 18.1. The average Bonchev–Trinajstić information content (AvgIpc) is 3.27. The molecule has 3 rings (SSSR count). The molecule has 2 aromatic carbocycles. The number of rotatable bonds is 9. The molecule has 1 aromatic heterocycles. The van der Waals surface area contributed by atoms with Gasteiger partial charge < -0.3 is 10.1 Å². The quantitative estimate of drug-likeness (QED) is 0.282. The standard InChI is InChI=1S/C20H21N5O6S/c1-14-6-7-19(31-2)18(12-14)24-11-8-17(23-24)20(26)21-9-10-22-32(29,30)16-5-3-4-15(13-16)25(27)28/h3-8,11-13,22H,9-10H2,1-2H3,(H,21,26). The fraction of sp³-hybridized carbons (Fsp3) is 0.200. The number of nitrogens with zero attached hydrogens (tertiary/aromatic N) is 3. The SMILES string of the molecule is COc1ccc(C)cc1-n1ccc(C(=O)NCCNS(=O)(=O)c2cccc([N+](=O)[O-])c2)n1. The van der Waals surface area contributed by atoms with Crippen LogP contribution in [0.4, 0.5) is 5.69 Å². The van der Waals surface area contributed by atoms with Crippen LogP contribution in [0.1, 0.15) is 16.1 Å². The number of amides is 1. The third-order valence-electron chi connectivity index (χ3n) is 4.44. The van der Waals surface area contributed by atoms with E-state index in [-0.39, 0.29) is 29.4 Å². The van der Waals surface area contributed by atoms with Crippen molar-refractivity contribution in [2.24, 2.45) is 0 Å². The molecule has 1 amide bonds. The Morgan fingerprint density at radius 2 is 1.97 bits per heavy atom. The van der Waals surface area contributed by atoms with E-state index in [2.05, 4.69) is 15.1 Å². The van der Waals surface area contributed by atoms with Crippen LogP contribution in [0.25, 0.3) is 5.69 Å². The maximum atomic E-state index is 12.4. The molecule has 0 aliphatic heterocycles. The first kappa shape index (κ1) is 22.9. The monoisotopic (exact) mass is 459 g/mol. The Labute approximate surface area is 184 Å². The van der Waals surface area contributed by atoms with Crippen LogP contribution >= 0.6 is 0 Å². The van der Waals surface area contributed by atoms with Crippen molar-refractivity contribution >= 4 is 21.6 Å². The van der Waals surface area contributed by atoms with Crippen LogP contribution in [0.15, 0.2) is 59.6 Å². The third-order valence-corrected chi connectivity index (χ3v) is 5.90. The largest absolute Gasteiger partial charge is 0.494 e. The van der Waals surface area contributed by atoms with Gasteiger partial charge in [0.2, 0.25) is 10.0 Å². The number of methoxy groups -OCH3 is 1. The fourth-order valence-electron chi connectivity index (χ4n) is 2.86. The van der Waals surface area contributed by atoms with Gasteiger partial charge in [-0.2, -0.15) is 5.10 Å². The minimum absolute atomic E-state index is 0.00633. The van der Waals surface area contributed by atoms with Crippen LogP contribution < -0.4 is 14.8 Å². The van der Waals surface area contributed by atoms with Crippen molar-refractivity contribution in [1.82, 2.24) is 19.8 Å². The molecule has 0 spiro atoms. The van der Waals surface area contributed by atoms with Gasteiger partial charge in [0.05, 0.1) is 16.9 Å². The highest BCUT2D eigenvalue weighted by Crippen LogP contribution is 2.23. The van der Waals surface area contributed by atoms with Crippen molar-refractivity contribution in [1.29, 1.82) is 0 Å². The van der Waals surface area contributed by atoms with E-state index in [1.165, 1.54) is 28.9 Å². The normalized spacial score (nSPS) is 11.2. The van der Waals surface area contributed by atoms with Crippen LogP contribution in [0.5, 0.6) is 5.75 Å². The van der Waals surface area contributed by atoms with E-state index in [0.29, 0.717) is 11.4 Å². The topological polar surface area (TPSA) is 145 Å². The van der Waals surface area contributed by atoms with Crippen LogP contribution in [0.3, 0.4) is 0 Å². The fourth-order valence-corrected chi connectivity index (χ4v) is 3.93. The molecule has 11 nitrogen and oxygen atoms in total. The van der Waals surface area contributed by atoms with Crippen molar-refractivity contribution in [3.63, 3.8) is 0 Å². The van der Waals surface area contributed by atoms with E-state index in [0.717, 1.165) is 11.6 Å². The number of benzene rings is 2. The van der Waals surface area contributed by atoms with E-state index < -0.39 is 20.9 Å². The summed E-state index contributed by atoms with van der Waals surface area (Å²) in [5, 5.41) is 17.7. The van der Waals surface area contributed by atoms with Gasteiger partial charge in [-0.15, -0.1) is 0 Å². The number of non-ortho nitro benzene ring substituents is 1. The number of sulfonamides is 1. The van der Waals surface area contributed by atoms with Crippen molar-refractivity contribution in [2.75, 3.05) is 20.2 Å². The highest BCUT2D eigenvalue weighted by Gasteiger charge is 2.18. The smallest absolute Gasteiger partial charge is 0.271 e. The van der Waals surface area contributed by atoms with Gasteiger partial charge >= 0.3 is 0 Å². The van der Waals surface area contributed by atoms with E-state index in [1.807, 2.05) is 19.1 Å². The second-order valence-corrected chi connectivity index (χ2v) is 8.50. The third kappa shape index (κ3) is 5.28. The van der Waals surface area contributed by atoms with Gasteiger partial charge in [-0.1, -0.05) is 12.1 Å². The number of hydrogen-bond donors (Lipinski definition) is 2. The Morgan fingerprint density at radius 3 is 2.69 bits per heavy atom. The minimum atomic E-state index is -3.96. The Kier molecular flexibility index (Phi) is 6.85. The highest BCUT2D eigenvalue weighted by molar-refractivity contribution is 7.89. The maximum Gasteiger partial charge on any atom is 0.271 e. The van der Waals surface area contributed by atoms with Gasteiger partial charge in [0.25, 0.3) is 11.6 Å². The molecular weight excluding hydrogens is 438 g/mol. The summed E-state index contributed by atoms with van der Waals surface area (Å²) < 4.78 is 33.7. The number of nitrogens with one attached hydrogen (secondary N) is 2. The van der Waals surface area contributed by atoms with Gasteiger partial charge in [-0.05, 0) is 36.8 Å². The summed E-state index contributed by atoms with van der Waals surface area (Å²) in [6.45, 7) is 1.81. The van der Waals surface area contributed by atoms with E-state index >= 15 is 0 Å². The van der Waals surface area contributed by atoms with Crippen LogP contribution in [0.2, 0.25) is 0 Å². The van der Waals surface area contributed by atoms with Crippen molar-refractivity contribution in [3.8, 4) is 11.4 Å². The second kappa shape index (κ2) is 9.58. The molecule has 0 aliphatic carbocycles. The minimum Gasteiger partial charge on any atom is -0.494 e. The number of carbonyl (C=O) groups excluding carboxylic acids is 1. The Hall–Kier alpha value is -3.77. The maximum absolute atomic E-state index is 12.4. The summed E-state index contributed by atoms with van der Waals surface area (Å²) in [5.41, 5.74) is 1.49. The van der Waals surface area contributed by atoms with Gasteiger partial charge in [0, 0.05) is 31.4 Å². The van der Waals surface area contributed by atoms with Crippen LogP contribution in [-0.2, 0) is 10.0 Å². The Morgan fingerprint density at radius 1 is 1.19 bits per heavy atom. The second-order valence-electron chi connectivity index (χ2n) is 6.73. The molecule has 32 heavy (non-hydrogen) atoms. The molecule has 1 heterocycles. The summed E-state index contributed by atoms with van der Waals surface area (Å²) in [5.74, 6) is 0.117. The van der Waals surface area contributed by atoms with Crippen molar-refractivity contribution in [3.05, 3.63) is 76.1 Å². The molecule has 12 heteroatoms. The van der Waals surface area contributed by atoms with E-state index in [1.54, 1.807) is 19.4 Å². The Bertz CT molecular complexity index is 1250. The first-order chi connectivity index (χ1) is 15.2. The summed E-state index contributed by atoms with van der Waals surface area (Å²) in [4.78, 5) is 22.3. The van der Waals surface area contributed by atoms with Gasteiger partial charge in [-0.3, -0.25) is 14.9 Å². The number of hydrogen-bond acceptors (Lipinski definition) is 7. The summed E-state index contributed by atoms with van der Waals surface area (Å²) in [6.07, 6.45) is 1.62. The molecule has 0 bridgehead atoms. The molecule has 3 aromatic rings. The predicted octanol–water partition coefficient (Wildman–Crippen LogP) is 1.81. The van der Waals surface area contributed by atoms with Gasteiger partial charge in [0.15, 0.2) is 5.69 Å². The highest BCUT2D eigenvalue weighted by atomic mass is 32.2. The van der Waals surface area contributed by atoms with Crippen molar-refractivity contribution in [2.45, 2.75) is 11.8 Å². The van der Waals surface area contributed by atoms with Crippen LogP contribution in [-0.4, -0.2) is 49.2 Å². The molecule has 168 valence electrons. The first-order valence-corrected chi connectivity index (χ1v) is 10.9. The Balaban J connectivity index is 1.59. The molecule has 0 radical (unpaired) electrons. The molecule has 2 N–H and O–H groups in total. The van der Waals surface area contributed by atoms with Crippen LogP contribution in [0, 0.1) is 17.0 Å². The number of nitro benzene ring substituents is 1. The number of nitro groups is 1. The number of carbonyl (C=O) groups is 1. The molecule has 0 aliphatic rings. The lowest BCUT2D eigenvalue weighted by Crippen LogP contribution is -2.34. The number of aryl methyl sites for hydroxylation is 1. The molecule has 0 atom stereocenters. The number of aromatic nitrogens is 2. The first-order valence-electron chi connectivity index (χ1n) is 9.44. The molecular formula is C20H21N5O6S. The zero-order chi connectivity index (χ0) is 23.3. The van der Waals surface area contributed by atoms with Gasteiger partial charge in [-0.25, -0.2) is 17.8 Å². The van der Waals surface area contributed by atoms with E-state index in [4.69, 9.17) is 4.74 Å². The average molecular weight is 459 g/mol. The molecule has 0 fully saturated rings. The number of ether oxygens (including phenoxy) is 1. The van der Waals surface area contributed by atoms with E-state index in [9.17, 15) is 23.3 Å². The van der Waals surface area contributed by atoms with Crippen molar-refractivity contribution < 1.29 is 22.9 Å². The summed E-state index contributed by atoms with van der Waals surface area (Å²) >= 11 is 0. The lowest BCUT2D eigenvalue weighted by molar-refractivity contribution is -0.385. The lowest BCUT2D eigenvalue weighted by Gasteiger charge is -2.09. The zero-order valence-electron chi connectivity index (χ0n) is 17.3. The molecule has 0 saturated carbocycles. The molecule has 0 saturated heterocycles. The summed E-state index contributed by atoms with van der Waals surface area (Å²) in [7, 11) is -2.42. The lowest BCUT2D eigenvalue weighted by atomic mass is 10.2.